The third kappa shape index (κ3) is 3.64. The summed E-state index contributed by atoms with van der Waals surface area (Å²) in [6.45, 7) is 2.00. The Kier molecular flexibility index (Phi) is 6.07. The molecule has 33 heavy (non-hydrogen) atoms. The summed E-state index contributed by atoms with van der Waals surface area (Å²) in [7, 11) is 0. The maximum Gasteiger partial charge on any atom is 0.169 e. The van der Waals surface area contributed by atoms with Gasteiger partial charge < -0.3 is 4.57 Å². The number of rotatable bonds is 4. The van der Waals surface area contributed by atoms with Crippen LogP contribution >= 0.6 is 58.2 Å². The SMILES string of the molecule is CC1(c2ccc(Cl)c(Cl)c2)c2cnc(SCc3c(F)cccc3Cl)n2C2C=CC(F)=C(Cl)C21. The molecule has 0 fully saturated rings. The number of thioether (sulfide) groups is 1. The molecule has 0 spiro atoms. The van der Waals surface area contributed by atoms with Crippen LogP contribution in [0.1, 0.15) is 29.8 Å². The number of nitrogens with zero attached hydrogens (tertiary/aromatic N) is 2. The number of hydrogen-bond acceptors (Lipinski definition) is 2. The van der Waals surface area contributed by atoms with E-state index in [1.807, 2.05) is 17.6 Å². The molecule has 0 N–H and O–H groups in total. The molecular weight excluding hydrogens is 528 g/mol. The molecule has 1 aliphatic heterocycles. The lowest BCUT2D eigenvalue weighted by Gasteiger charge is -2.35. The van der Waals surface area contributed by atoms with E-state index in [1.165, 1.54) is 23.9 Å². The molecule has 1 aliphatic carbocycles. The second kappa shape index (κ2) is 8.62. The first-order chi connectivity index (χ1) is 15.7. The van der Waals surface area contributed by atoms with Crippen LogP contribution in [-0.2, 0) is 11.2 Å². The van der Waals surface area contributed by atoms with Crippen LogP contribution < -0.4 is 0 Å². The summed E-state index contributed by atoms with van der Waals surface area (Å²) in [4.78, 5) is 4.62. The average Bonchev–Trinajstić information content (AvgIpc) is 3.31. The first-order valence-electron chi connectivity index (χ1n) is 10.1. The van der Waals surface area contributed by atoms with E-state index < -0.39 is 17.2 Å². The summed E-state index contributed by atoms with van der Waals surface area (Å²) in [5.41, 5.74) is 1.39. The van der Waals surface area contributed by atoms with Crippen molar-refractivity contribution in [2.75, 3.05) is 0 Å². The van der Waals surface area contributed by atoms with Crippen LogP contribution in [0.2, 0.25) is 15.1 Å². The fourth-order valence-corrected chi connectivity index (χ4v) is 6.81. The Labute approximate surface area is 214 Å². The van der Waals surface area contributed by atoms with Crippen LogP contribution in [0.3, 0.4) is 0 Å². The van der Waals surface area contributed by atoms with E-state index in [1.54, 1.807) is 36.5 Å². The van der Waals surface area contributed by atoms with Gasteiger partial charge in [0.1, 0.15) is 11.6 Å². The number of hydrogen-bond donors (Lipinski definition) is 0. The van der Waals surface area contributed by atoms with E-state index >= 15 is 0 Å². The first-order valence-corrected chi connectivity index (χ1v) is 12.6. The Hall–Kier alpha value is -1.50. The fraction of sp³-hybridized carbons (Fsp3) is 0.208. The number of benzene rings is 2. The second-order valence-corrected chi connectivity index (χ2v) is 10.7. The van der Waals surface area contributed by atoms with Gasteiger partial charge in [-0.15, -0.1) is 0 Å². The number of aromatic nitrogens is 2. The van der Waals surface area contributed by atoms with E-state index in [0.29, 0.717) is 31.5 Å². The number of fused-ring (bicyclic) bond motifs is 3. The zero-order chi connectivity index (χ0) is 23.5. The van der Waals surface area contributed by atoms with Gasteiger partial charge in [-0.3, -0.25) is 0 Å². The first kappa shape index (κ1) is 23.3. The minimum absolute atomic E-state index is 0.146. The van der Waals surface area contributed by atoms with E-state index in [2.05, 4.69) is 4.98 Å². The smallest absolute Gasteiger partial charge is 0.169 e. The predicted molar refractivity (Wildman–Crippen MR) is 132 cm³/mol. The van der Waals surface area contributed by atoms with Gasteiger partial charge in [0, 0.05) is 27.7 Å². The Morgan fingerprint density at radius 3 is 2.58 bits per heavy atom. The van der Waals surface area contributed by atoms with Crippen molar-refractivity contribution < 1.29 is 8.78 Å². The van der Waals surface area contributed by atoms with Crippen LogP contribution in [0.4, 0.5) is 8.78 Å². The maximum absolute atomic E-state index is 14.6. The Morgan fingerprint density at radius 1 is 1.06 bits per heavy atom. The van der Waals surface area contributed by atoms with Crippen LogP contribution in [-0.4, -0.2) is 9.55 Å². The molecule has 9 heteroatoms. The van der Waals surface area contributed by atoms with Gasteiger partial charge in [-0.05, 0) is 42.8 Å². The second-order valence-electron chi connectivity index (χ2n) is 8.14. The zero-order valence-corrected chi connectivity index (χ0v) is 21.0. The fourth-order valence-electron chi connectivity index (χ4n) is 4.74. The van der Waals surface area contributed by atoms with Gasteiger partial charge in [0.2, 0.25) is 0 Å². The molecule has 2 heterocycles. The van der Waals surface area contributed by atoms with Gasteiger partial charge in [0.05, 0.1) is 33.0 Å². The molecule has 2 nitrogen and oxygen atoms in total. The van der Waals surface area contributed by atoms with Crippen molar-refractivity contribution in [1.82, 2.24) is 9.55 Å². The predicted octanol–water partition coefficient (Wildman–Crippen LogP) is 8.74. The van der Waals surface area contributed by atoms with Gasteiger partial charge in [-0.1, -0.05) is 76.4 Å². The summed E-state index contributed by atoms with van der Waals surface area (Å²) in [5.74, 6) is -0.941. The summed E-state index contributed by atoms with van der Waals surface area (Å²) < 4.78 is 31.0. The van der Waals surface area contributed by atoms with Crippen molar-refractivity contribution in [2.45, 2.75) is 29.3 Å². The quantitative estimate of drug-likeness (QED) is 0.306. The highest BCUT2D eigenvalue weighted by Gasteiger charge is 2.54. The standard InChI is InChI=1S/C24H16Cl4F2N2S/c1-24(12-5-6-15(26)16(27)9-12)20-10-31-23(33-11-13-14(25)3-2-4-17(13)29)32(20)19-8-7-18(30)22(28)21(19)24/h2-10,19,21H,11H2,1H3. The van der Waals surface area contributed by atoms with Crippen molar-refractivity contribution >= 4 is 58.2 Å². The third-order valence-corrected chi connectivity index (χ3v) is 8.93. The molecule has 0 saturated heterocycles. The van der Waals surface area contributed by atoms with Gasteiger partial charge in [0.15, 0.2) is 5.16 Å². The summed E-state index contributed by atoms with van der Waals surface area (Å²) in [6.07, 6.45) is 4.94. The summed E-state index contributed by atoms with van der Waals surface area (Å²) >= 11 is 26.6. The Bertz CT molecular complexity index is 1320. The molecule has 5 rings (SSSR count). The van der Waals surface area contributed by atoms with Crippen LogP contribution in [0.5, 0.6) is 0 Å². The molecule has 1 aromatic heterocycles. The lowest BCUT2D eigenvalue weighted by molar-refractivity contribution is 0.378. The minimum Gasteiger partial charge on any atom is -0.315 e. The van der Waals surface area contributed by atoms with Crippen LogP contribution in [0.15, 0.2) is 70.8 Å². The van der Waals surface area contributed by atoms with Crippen molar-refractivity contribution in [3.8, 4) is 0 Å². The van der Waals surface area contributed by atoms with Gasteiger partial charge in [0.25, 0.3) is 0 Å². The zero-order valence-electron chi connectivity index (χ0n) is 17.1. The van der Waals surface area contributed by atoms with Gasteiger partial charge in [-0.2, -0.15) is 0 Å². The summed E-state index contributed by atoms with van der Waals surface area (Å²) in [6, 6.07) is 9.73. The molecule has 0 radical (unpaired) electrons. The molecule has 170 valence electrons. The minimum atomic E-state index is -0.723. The van der Waals surface area contributed by atoms with E-state index in [-0.39, 0.29) is 16.9 Å². The van der Waals surface area contributed by atoms with E-state index in [4.69, 9.17) is 46.4 Å². The normalized spacial score (nSPS) is 23.7. The molecule has 2 aliphatic rings. The highest BCUT2D eigenvalue weighted by atomic mass is 35.5. The van der Waals surface area contributed by atoms with Crippen molar-refractivity contribution in [3.63, 3.8) is 0 Å². The summed E-state index contributed by atoms with van der Waals surface area (Å²) in [5, 5.41) is 2.01. The highest BCUT2D eigenvalue weighted by molar-refractivity contribution is 7.98. The van der Waals surface area contributed by atoms with Gasteiger partial charge in [-0.25, -0.2) is 13.8 Å². The number of allylic oxidation sites excluding steroid dienone is 4. The van der Waals surface area contributed by atoms with Gasteiger partial charge >= 0.3 is 0 Å². The average molecular weight is 544 g/mol. The van der Waals surface area contributed by atoms with E-state index in [9.17, 15) is 8.78 Å². The topological polar surface area (TPSA) is 17.8 Å². The van der Waals surface area contributed by atoms with Crippen LogP contribution in [0, 0.1) is 11.7 Å². The molecule has 0 amide bonds. The Morgan fingerprint density at radius 2 is 1.85 bits per heavy atom. The number of halogens is 6. The van der Waals surface area contributed by atoms with Crippen molar-refractivity contribution in [3.05, 3.63) is 103 Å². The molecule has 3 atom stereocenters. The lowest BCUT2D eigenvalue weighted by Crippen LogP contribution is -2.32. The molecule has 3 unspecified atom stereocenters. The molecule has 0 saturated carbocycles. The molecule has 2 aromatic carbocycles. The van der Waals surface area contributed by atoms with Crippen molar-refractivity contribution in [1.29, 1.82) is 0 Å². The van der Waals surface area contributed by atoms with Crippen molar-refractivity contribution in [2.24, 2.45) is 5.92 Å². The highest BCUT2D eigenvalue weighted by Crippen LogP contribution is 2.58. The lowest BCUT2D eigenvalue weighted by atomic mass is 9.68. The molecular formula is C24H16Cl4F2N2S. The Balaban J connectivity index is 1.62. The third-order valence-electron chi connectivity index (χ3n) is 6.42. The largest absolute Gasteiger partial charge is 0.315 e. The maximum atomic E-state index is 14.6. The molecule has 3 aromatic rings. The monoisotopic (exact) mass is 542 g/mol. The number of imidazole rings is 1. The van der Waals surface area contributed by atoms with E-state index in [0.717, 1.165) is 11.3 Å². The molecule has 0 bridgehead atoms. The van der Waals surface area contributed by atoms with Crippen LogP contribution in [0.25, 0.3) is 0 Å².